The first kappa shape index (κ1) is 16.8. The molecule has 1 fully saturated rings. The standard InChI is InChI=1S/C15H9ClFN3O2S2/c1-20-13(21)11(24-15(20)23)6-8-2-4-9(5-3-8)22-12-10(17)7-18-14(16)19-12/h2-7H,1H3/b11-6-. The highest BCUT2D eigenvalue weighted by Crippen LogP contribution is 2.31. The lowest BCUT2D eigenvalue weighted by molar-refractivity contribution is -0.121. The first-order valence-electron chi connectivity index (χ1n) is 6.61. The van der Waals surface area contributed by atoms with Gasteiger partial charge in [-0.2, -0.15) is 9.37 Å². The van der Waals surface area contributed by atoms with Gasteiger partial charge in [-0.25, -0.2) is 4.98 Å². The molecule has 0 unspecified atom stereocenters. The highest BCUT2D eigenvalue weighted by atomic mass is 35.5. The smallest absolute Gasteiger partial charge is 0.265 e. The molecule has 0 spiro atoms. The number of likely N-dealkylation sites (N-methyl/N-ethyl adjacent to an activating group) is 1. The Kier molecular flexibility index (Phi) is 4.79. The van der Waals surface area contributed by atoms with Crippen molar-refractivity contribution >= 4 is 51.9 Å². The van der Waals surface area contributed by atoms with Gasteiger partial charge in [-0.05, 0) is 35.4 Å². The number of aromatic nitrogens is 2. The van der Waals surface area contributed by atoms with Gasteiger partial charge in [-0.15, -0.1) is 0 Å². The fourth-order valence-electron chi connectivity index (χ4n) is 1.84. The van der Waals surface area contributed by atoms with E-state index in [4.69, 9.17) is 28.6 Å². The minimum atomic E-state index is -0.713. The van der Waals surface area contributed by atoms with E-state index < -0.39 is 5.82 Å². The van der Waals surface area contributed by atoms with E-state index in [0.29, 0.717) is 15.0 Å². The molecular formula is C15H9ClFN3O2S2. The van der Waals surface area contributed by atoms with Gasteiger partial charge in [0.1, 0.15) is 10.1 Å². The number of carbonyl (C=O) groups excluding carboxylic acids is 1. The van der Waals surface area contributed by atoms with Crippen LogP contribution in [-0.2, 0) is 4.79 Å². The predicted molar refractivity (Wildman–Crippen MR) is 94.5 cm³/mol. The fourth-order valence-corrected chi connectivity index (χ4v) is 3.15. The van der Waals surface area contributed by atoms with Crippen LogP contribution in [0.3, 0.4) is 0 Å². The zero-order valence-electron chi connectivity index (χ0n) is 12.2. The van der Waals surface area contributed by atoms with Gasteiger partial charge in [0, 0.05) is 7.05 Å². The van der Waals surface area contributed by atoms with Crippen molar-refractivity contribution in [2.75, 3.05) is 7.05 Å². The van der Waals surface area contributed by atoms with Crippen molar-refractivity contribution in [1.29, 1.82) is 0 Å². The van der Waals surface area contributed by atoms with Crippen molar-refractivity contribution in [2.24, 2.45) is 0 Å². The number of hydrogen-bond donors (Lipinski definition) is 0. The minimum Gasteiger partial charge on any atom is -0.436 e. The van der Waals surface area contributed by atoms with E-state index >= 15 is 0 Å². The monoisotopic (exact) mass is 381 g/mol. The topological polar surface area (TPSA) is 55.3 Å². The second-order valence-corrected chi connectivity index (χ2v) is 6.72. The quantitative estimate of drug-likeness (QED) is 0.456. The first-order valence-corrected chi connectivity index (χ1v) is 8.22. The Balaban J connectivity index is 1.78. The van der Waals surface area contributed by atoms with Crippen LogP contribution in [0.4, 0.5) is 4.39 Å². The maximum atomic E-state index is 13.5. The summed E-state index contributed by atoms with van der Waals surface area (Å²) < 4.78 is 19.4. The second kappa shape index (κ2) is 6.84. The summed E-state index contributed by atoms with van der Waals surface area (Å²) in [5.41, 5.74) is 0.789. The summed E-state index contributed by atoms with van der Waals surface area (Å²) >= 11 is 11.9. The third kappa shape index (κ3) is 3.55. The van der Waals surface area contributed by atoms with E-state index in [1.807, 2.05) is 0 Å². The van der Waals surface area contributed by atoms with Crippen molar-refractivity contribution in [2.45, 2.75) is 0 Å². The van der Waals surface area contributed by atoms with Crippen molar-refractivity contribution in [3.63, 3.8) is 0 Å². The van der Waals surface area contributed by atoms with Crippen LogP contribution < -0.4 is 4.74 Å². The van der Waals surface area contributed by atoms with Crippen LogP contribution in [0.2, 0.25) is 5.28 Å². The number of rotatable bonds is 3. The zero-order chi connectivity index (χ0) is 17.3. The molecule has 0 saturated carbocycles. The predicted octanol–water partition coefficient (Wildman–Crippen LogP) is 3.89. The molecule has 5 nitrogen and oxygen atoms in total. The molecule has 2 aromatic rings. The molecule has 0 atom stereocenters. The molecular weight excluding hydrogens is 373 g/mol. The summed E-state index contributed by atoms with van der Waals surface area (Å²) in [6, 6.07) is 6.73. The molecule has 1 aromatic carbocycles. The van der Waals surface area contributed by atoms with Gasteiger partial charge >= 0.3 is 0 Å². The maximum Gasteiger partial charge on any atom is 0.265 e. The number of thioether (sulfide) groups is 1. The number of hydrogen-bond acceptors (Lipinski definition) is 6. The molecule has 3 rings (SSSR count). The molecule has 9 heteroatoms. The SMILES string of the molecule is CN1C(=O)/C(=C/c2ccc(Oc3nc(Cl)ncc3F)cc2)SC1=S. The Morgan fingerprint density at radius 1 is 1.38 bits per heavy atom. The molecule has 0 bridgehead atoms. The number of thiocarbonyl (C=S) groups is 1. The Bertz CT molecular complexity index is 858. The van der Waals surface area contributed by atoms with Gasteiger partial charge < -0.3 is 4.74 Å². The molecule has 1 aromatic heterocycles. The number of carbonyl (C=O) groups is 1. The second-order valence-electron chi connectivity index (χ2n) is 4.70. The summed E-state index contributed by atoms with van der Waals surface area (Å²) in [6.07, 6.45) is 2.67. The number of halogens is 2. The average molecular weight is 382 g/mol. The maximum absolute atomic E-state index is 13.5. The molecule has 24 heavy (non-hydrogen) atoms. The number of nitrogens with zero attached hydrogens (tertiary/aromatic N) is 3. The van der Waals surface area contributed by atoms with Gasteiger partial charge in [0.2, 0.25) is 11.1 Å². The Labute approximate surface area is 151 Å². The normalized spacial score (nSPS) is 16.1. The molecule has 1 amide bonds. The van der Waals surface area contributed by atoms with Crippen molar-refractivity contribution < 1.29 is 13.9 Å². The van der Waals surface area contributed by atoms with Crippen molar-refractivity contribution in [3.05, 3.63) is 52.0 Å². The molecule has 2 heterocycles. The Morgan fingerprint density at radius 2 is 2.08 bits per heavy atom. The minimum absolute atomic E-state index is 0.107. The number of amides is 1. The largest absolute Gasteiger partial charge is 0.436 e. The third-order valence-corrected chi connectivity index (χ3v) is 4.73. The molecule has 0 N–H and O–H groups in total. The van der Waals surface area contributed by atoms with E-state index in [0.717, 1.165) is 11.8 Å². The van der Waals surface area contributed by atoms with E-state index in [1.165, 1.54) is 16.7 Å². The van der Waals surface area contributed by atoms with Gasteiger partial charge in [0.15, 0.2) is 0 Å². The van der Waals surface area contributed by atoms with Crippen LogP contribution in [0.15, 0.2) is 35.4 Å². The molecule has 0 aliphatic carbocycles. The Morgan fingerprint density at radius 3 is 2.71 bits per heavy atom. The number of benzene rings is 1. The summed E-state index contributed by atoms with van der Waals surface area (Å²) in [7, 11) is 1.64. The van der Waals surface area contributed by atoms with Gasteiger partial charge in [0.25, 0.3) is 11.8 Å². The van der Waals surface area contributed by atoms with Crippen molar-refractivity contribution in [1.82, 2.24) is 14.9 Å². The summed E-state index contributed by atoms with van der Waals surface area (Å²) in [4.78, 5) is 21.1. The molecule has 1 saturated heterocycles. The van der Waals surface area contributed by atoms with Gasteiger partial charge in [-0.1, -0.05) is 36.1 Å². The number of ether oxygens (including phenoxy) is 1. The summed E-state index contributed by atoms with van der Waals surface area (Å²) in [5, 5.41) is -0.107. The molecule has 0 radical (unpaired) electrons. The molecule has 1 aliphatic rings. The third-order valence-electron chi connectivity index (χ3n) is 3.06. The van der Waals surface area contributed by atoms with Crippen LogP contribution in [0, 0.1) is 5.82 Å². The average Bonchev–Trinajstić information content (AvgIpc) is 2.80. The van der Waals surface area contributed by atoms with Crippen LogP contribution in [0.1, 0.15) is 5.56 Å². The molecule has 1 aliphatic heterocycles. The lowest BCUT2D eigenvalue weighted by Gasteiger charge is -2.06. The van der Waals surface area contributed by atoms with Crippen LogP contribution in [-0.4, -0.2) is 32.1 Å². The Hall–Kier alpha value is -2.03. The van der Waals surface area contributed by atoms with E-state index in [-0.39, 0.29) is 17.1 Å². The first-order chi connectivity index (χ1) is 11.4. The zero-order valence-corrected chi connectivity index (χ0v) is 14.6. The van der Waals surface area contributed by atoms with Crippen LogP contribution in [0.5, 0.6) is 11.6 Å². The van der Waals surface area contributed by atoms with Crippen molar-refractivity contribution in [3.8, 4) is 11.6 Å². The van der Waals surface area contributed by atoms with E-state index in [2.05, 4.69) is 9.97 Å². The highest BCUT2D eigenvalue weighted by Gasteiger charge is 2.28. The highest BCUT2D eigenvalue weighted by molar-refractivity contribution is 8.26. The van der Waals surface area contributed by atoms with Gasteiger partial charge in [0.05, 0.1) is 11.1 Å². The summed E-state index contributed by atoms with van der Waals surface area (Å²) in [6.45, 7) is 0. The van der Waals surface area contributed by atoms with Crippen LogP contribution in [0.25, 0.3) is 6.08 Å². The molecule has 122 valence electrons. The van der Waals surface area contributed by atoms with Crippen LogP contribution >= 0.6 is 35.6 Å². The summed E-state index contributed by atoms with van der Waals surface area (Å²) in [5.74, 6) is -0.725. The fraction of sp³-hybridized carbons (Fsp3) is 0.0667. The van der Waals surface area contributed by atoms with E-state index in [1.54, 1.807) is 37.4 Å². The lowest BCUT2D eigenvalue weighted by atomic mass is 10.2. The lowest BCUT2D eigenvalue weighted by Crippen LogP contribution is -2.22. The van der Waals surface area contributed by atoms with Gasteiger partial charge in [-0.3, -0.25) is 9.69 Å². The van der Waals surface area contributed by atoms with E-state index in [9.17, 15) is 9.18 Å².